The third kappa shape index (κ3) is 5.20. The molecule has 2 aromatic rings. The van der Waals surface area contributed by atoms with Gasteiger partial charge in [-0.15, -0.1) is 0 Å². The van der Waals surface area contributed by atoms with E-state index in [2.05, 4.69) is 56.8 Å². The van der Waals surface area contributed by atoms with Crippen LogP contribution in [0.3, 0.4) is 0 Å². The predicted octanol–water partition coefficient (Wildman–Crippen LogP) is 3.57. The number of carbonyl (C=O) groups is 1. The minimum absolute atomic E-state index is 0.355. The van der Waals surface area contributed by atoms with Crippen LogP contribution in [-0.2, 0) is 17.9 Å². The molecule has 1 aromatic carbocycles. The van der Waals surface area contributed by atoms with Crippen molar-refractivity contribution >= 4 is 16.8 Å². The Hall–Kier alpha value is -1.85. The zero-order valence-corrected chi connectivity index (χ0v) is 18.0. The Kier molecular flexibility index (Phi) is 6.88. The number of likely N-dealkylation sites (N-methyl/N-ethyl adjacent to an activating group) is 1. The molecule has 158 valence electrons. The van der Waals surface area contributed by atoms with Gasteiger partial charge in [0.2, 0.25) is 5.91 Å². The van der Waals surface area contributed by atoms with Gasteiger partial charge in [-0.25, -0.2) is 0 Å². The highest BCUT2D eigenvalue weighted by Gasteiger charge is 2.17. The van der Waals surface area contributed by atoms with E-state index in [0.717, 1.165) is 58.8 Å². The van der Waals surface area contributed by atoms with Crippen LogP contribution in [0.1, 0.15) is 44.1 Å². The summed E-state index contributed by atoms with van der Waals surface area (Å²) in [5, 5.41) is 1.35. The van der Waals surface area contributed by atoms with Crippen LogP contribution in [0, 0.1) is 0 Å². The highest BCUT2D eigenvalue weighted by molar-refractivity contribution is 5.84. The number of fused-ring (bicyclic) bond motifs is 1. The Morgan fingerprint density at radius 1 is 0.931 bits per heavy atom. The number of aromatic nitrogens is 1. The van der Waals surface area contributed by atoms with E-state index in [-0.39, 0.29) is 0 Å². The monoisotopic (exact) mass is 396 g/mol. The lowest BCUT2D eigenvalue weighted by atomic mass is 10.1. The maximum Gasteiger partial charge on any atom is 0.222 e. The molecule has 5 heteroatoms. The van der Waals surface area contributed by atoms with Crippen LogP contribution >= 0.6 is 0 Å². The molecule has 0 N–H and O–H groups in total. The van der Waals surface area contributed by atoms with E-state index in [0.29, 0.717) is 12.3 Å². The molecule has 0 aliphatic carbocycles. The van der Waals surface area contributed by atoms with Crippen molar-refractivity contribution in [1.82, 2.24) is 19.3 Å². The fourth-order valence-corrected chi connectivity index (χ4v) is 4.75. The van der Waals surface area contributed by atoms with Crippen LogP contribution in [0.4, 0.5) is 0 Å². The first-order valence-corrected chi connectivity index (χ1v) is 11.5. The summed E-state index contributed by atoms with van der Waals surface area (Å²) in [7, 11) is 2.20. The molecule has 1 amide bonds. The molecule has 0 radical (unpaired) electrons. The smallest absolute Gasteiger partial charge is 0.222 e. The third-order valence-electron chi connectivity index (χ3n) is 6.61. The van der Waals surface area contributed by atoms with E-state index in [1.54, 1.807) is 0 Å². The first kappa shape index (κ1) is 20.4. The van der Waals surface area contributed by atoms with E-state index >= 15 is 0 Å². The summed E-state index contributed by atoms with van der Waals surface area (Å²) < 4.78 is 2.41. The van der Waals surface area contributed by atoms with Gasteiger partial charge in [-0.1, -0.05) is 31.0 Å². The molecule has 2 aliphatic rings. The molecule has 0 spiro atoms. The molecule has 4 rings (SSSR count). The Balaban J connectivity index is 1.38. The lowest BCUT2D eigenvalue weighted by Crippen LogP contribution is -2.44. The van der Waals surface area contributed by atoms with Crippen LogP contribution in [0.5, 0.6) is 0 Å². The van der Waals surface area contributed by atoms with Gasteiger partial charge in [0.1, 0.15) is 0 Å². The lowest BCUT2D eigenvalue weighted by molar-refractivity contribution is -0.131. The second-order valence-corrected chi connectivity index (χ2v) is 8.85. The maximum absolute atomic E-state index is 12.6. The quantitative estimate of drug-likeness (QED) is 0.748. The average molecular weight is 397 g/mol. The van der Waals surface area contributed by atoms with Crippen molar-refractivity contribution < 1.29 is 4.79 Å². The first-order chi connectivity index (χ1) is 14.2. The summed E-state index contributed by atoms with van der Waals surface area (Å²) in [6, 6.07) is 8.74. The molecule has 29 heavy (non-hydrogen) atoms. The van der Waals surface area contributed by atoms with Gasteiger partial charge in [-0.2, -0.15) is 0 Å². The molecule has 2 saturated heterocycles. The third-order valence-corrected chi connectivity index (χ3v) is 6.61. The van der Waals surface area contributed by atoms with Gasteiger partial charge >= 0.3 is 0 Å². The molecular weight excluding hydrogens is 360 g/mol. The largest absolute Gasteiger partial charge is 0.343 e. The van der Waals surface area contributed by atoms with Crippen molar-refractivity contribution in [2.75, 3.05) is 46.3 Å². The highest BCUT2D eigenvalue weighted by atomic mass is 16.2. The minimum atomic E-state index is 0.355. The number of hydrogen-bond acceptors (Lipinski definition) is 3. The normalized spacial score (nSPS) is 19.6. The summed E-state index contributed by atoms with van der Waals surface area (Å²) in [5.74, 6) is 0.355. The summed E-state index contributed by atoms with van der Waals surface area (Å²) in [4.78, 5) is 19.7. The molecule has 0 atom stereocenters. The van der Waals surface area contributed by atoms with E-state index in [9.17, 15) is 4.79 Å². The number of carbonyl (C=O) groups excluding carboxylic acids is 1. The summed E-state index contributed by atoms with van der Waals surface area (Å²) in [6.07, 6.45) is 9.83. The van der Waals surface area contributed by atoms with E-state index in [4.69, 9.17) is 0 Å². The summed E-state index contributed by atoms with van der Waals surface area (Å²) in [5.41, 5.74) is 2.71. The minimum Gasteiger partial charge on any atom is -0.343 e. The van der Waals surface area contributed by atoms with Crippen LogP contribution in [0.2, 0.25) is 0 Å². The Morgan fingerprint density at radius 3 is 2.41 bits per heavy atom. The number of hydrogen-bond donors (Lipinski definition) is 0. The van der Waals surface area contributed by atoms with Crippen molar-refractivity contribution in [3.63, 3.8) is 0 Å². The molecule has 0 unspecified atom stereocenters. The second kappa shape index (κ2) is 9.77. The standard InChI is InChI=1S/C24H36N4O/c1-25-15-17-26(18-16-25)20-28-19-21(22-10-4-5-11-23(22)28)9-8-12-24(29)27-13-6-2-3-7-14-27/h4-5,10-11,19H,2-3,6-9,12-18,20H2,1H3. The Morgan fingerprint density at radius 2 is 1.66 bits per heavy atom. The number of para-hydroxylation sites is 1. The molecule has 3 heterocycles. The summed E-state index contributed by atoms with van der Waals surface area (Å²) in [6.45, 7) is 7.42. The van der Waals surface area contributed by atoms with Gasteiger partial charge in [0, 0.05) is 62.8 Å². The maximum atomic E-state index is 12.6. The first-order valence-electron chi connectivity index (χ1n) is 11.5. The van der Waals surface area contributed by atoms with Crippen molar-refractivity contribution in [3.05, 3.63) is 36.0 Å². The van der Waals surface area contributed by atoms with E-state index in [1.807, 2.05) is 0 Å². The van der Waals surface area contributed by atoms with Gasteiger partial charge in [-0.3, -0.25) is 9.69 Å². The zero-order chi connectivity index (χ0) is 20.1. The number of benzene rings is 1. The number of likely N-dealkylation sites (tertiary alicyclic amines) is 1. The number of aryl methyl sites for hydroxylation is 1. The van der Waals surface area contributed by atoms with Crippen LogP contribution in [0.25, 0.3) is 10.9 Å². The van der Waals surface area contributed by atoms with E-state index < -0.39 is 0 Å². The molecule has 0 saturated carbocycles. The fraction of sp³-hybridized carbons (Fsp3) is 0.625. The fourth-order valence-electron chi connectivity index (χ4n) is 4.75. The summed E-state index contributed by atoms with van der Waals surface area (Å²) >= 11 is 0. The molecule has 2 fully saturated rings. The van der Waals surface area contributed by atoms with Gasteiger partial charge in [-0.05, 0) is 44.4 Å². The van der Waals surface area contributed by atoms with Crippen molar-refractivity contribution in [1.29, 1.82) is 0 Å². The zero-order valence-electron chi connectivity index (χ0n) is 18.0. The number of piperazine rings is 1. The van der Waals surface area contributed by atoms with Crippen LogP contribution < -0.4 is 0 Å². The van der Waals surface area contributed by atoms with Crippen LogP contribution in [-0.4, -0.2) is 71.5 Å². The topological polar surface area (TPSA) is 31.7 Å². The molecule has 1 aromatic heterocycles. The molecular formula is C24H36N4O. The Labute approximate surface area is 175 Å². The highest BCUT2D eigenvalue weighted by Crippen LogP contribution is 2.24. The van der Waals surface area contributed by atoms with Gasteiger partial charge < -0.3 is 14.4 Å². The van der Waals surface area contributed by atoms with Gasteiger partial charge in [0.25, 0.3) is 0 Å². The van der Waals surface area contributed by atoms with E-state index in [1.165, 1.54) is 42.1 Å². The van der Waals surface area contributed by atoms with Crippen LogP contribution in [0.15, 0.2) is 30.5 Å². The number of amides is 1. The number of rotatable bonds is 6. The van der Waals surface area contributed by atoms with Crippen molar-refractivity contribution in [2.24, 2.45) is 0 Å². The lowest BCUT2D eigenvalue weighted by Gasteiger charge is -2.32. The molecule has 2 aliphatic heterocycles. The number of nitrogens with zero attached hydrogens (tertiary/aromatic N) is 4. The van der Waals surface area contributed by atoms with Crippen molar-refractivity contribution in [2.45, 2.75) is 51.6 Å². The predicted molar refractivity (Wildman–Crippen MR) is 119 cm³/mol. The van der Waals surface area contributed by atoms with Gasteiger partial charge in [0.15, 0.2) is 0 Å². The second-order valence-electron chi connectivity index (χ2n) is 8.85. The van der Waals surface area contributed by atoms with Crippen molar-refractivity contribution in [3.8, 4) is 0 Å². The Bertz CT molecular complexity index is 798. The molecule has 0 bridgehead atoms. The average Bonchev–Trinajstić information content (AvgIpc) is 2.91. The van der Waals surface area contributed by atoms with Gasteiger partial charge in [0.05, 0.1) is 6.67 Å². The SMILES string of the molecule is CN1CCN(Cn2cc(CCCC(=O)N3CCCCCC3)c3ccccc32)CC1. The molecule has 5 nitrogen and oxygen atoms in total.